The van der Waals surface area contributed by atoms with Gasteiger partial charge in [-0.25, -0.2) is 0 Å². The van der Waals surface area contributed by atoms with Gasteiger partial charge in [-0.2, -0.15) is 0 Å². The number of nitro benzene ring substituents is 1. The Labute approximate surface area is 140 Å². The maximum atomic E-state index is 10.7. The van der Waals surface area contributed by atoms with E-state index in [0.29, 0.717) is 6.54 Å². The summed E-state index contributed by atoms with van der Waals surface area (Å²) >= 11 is 5.92. The molecule has 0 amide bonds. The summed E-state index contributed by atoms with van der Waals surface area (Å²) in [7, 11) is 0. The van der Waals surface area contributed by atoms with Crippen LogP contribution in [-0.2, 0) is 13.1 Å². The fourth-order valence-corrected chi connectivity index (χ4v) is 2.48. The Morgan fingerprint density at radius 1 is 1.00 bits per heavy atom. The van der Waals surface area contributed by atoms with Gasteiger partial charge >= 0.3 is 0 Å². The molecule has 2 aromatic rings. The summed E-state index contributed by atoms with van der Waals surface area (Å²) in [6.07, 6.45) is 0.903. The molecule has 0 aliphatic rings. The van der Waals surface area contributed by atoms with Gasteiger partial charge in [0.25, 0.3) is 5.69 Å². The smallest absolute Gasteiger partial charge is 0.269 e. The molecule has 0 fully saturated rings. The molecule has 2 rings (SSSR count). The van der Waals surface area contributed by atoms with Crippen LogP contribution in [0.4, 0.5) is 5.69 Å². The summed E-state index contributed by atoms with van der Waals surface area (Å²) in [5, 5.41) is 11.4. The first-order valence-corrected chi connectivity index (χ1v) is 7.86. The normalized spacial score (nSPS) is 10.9. The lowest BCUT2D eigenvalue weighted by atomic mass is 10.1. The maximum absolute atomic E-state index is 10.7. The lowest BCUT2D eigenvalue weighted by molar-refractivity contribution is -0.384. The fraction of sp³-hybridized carbons (Fsp3) is 0.294. The van der Waals surface area contributed by atoms with E-state index in [2.05, 4.69) is 4.90 Å². The zero-order valence-electron chi connectivity index (χ0n) is 12.8. The van der Waals surface area contributed by atoms with Gasteiger partial charge in [-0.05, 0) is 36.2 Å². The fourth-order valence-electron chi connectivity index (χ4n) is 2.36. The first-order chi connectivity index (χ1) is 11.1. The highest BCUT2D eigenvalue weighted by Gasteiger charge is 2.09. The quantitative estimate of drug-likeness (QED) is 0.591. The third-order valence-electron chi connectivity index (χ3n) is 3.55. The topological polar surface area (TPSA) is 72.4 Å². The van der Waals surface area contributed by atoms with E-state index in [0.717, 1.165) is 36.6 Å². The summed E-state index contributed by atoms with van der Waals surface area (Å²) in [6, 6.07) is 14.5. The molecule has 0 spiro atoms. The Morgan fingerprint density at radius 2 is 1.52 bits per heavy atom. The van der Waals surface area contributed by atoms with Crippen LogP contribution in [0, 0.1) is 10.1 Å². The molecule has 6 heteroatoms. The Hall–Kier alpha value is -1.95. The molecule has 0 atom stereocenters. The molecule has 0 aliphatic carbocycles. The molecule has 122 valence electrons. The summed E-state index contributed by atoms with van der Waals surface area (Å²) in [6.45, 7) is 3.02. The summed E-state index contributed by atoms with van der Waals surface area (Å²) in [5.41, 5.74) is 7.95. The molecule has 0 saturated carbocycles. The first kappa shape index (κ1) is 17.4. The van der Waals surface area contributed by atoms with E-state index in [9.17, 15) is 10.1 Å². The van der Waals surface area contributed by atoms with Gasteiger partial charge in [0.05, 0.1) is 4.92 Å². The number of non-ortho nitro benzene ring substituents is 1. The second-order valence-corrected chi connectivity index (χ2v) is 5.84. The van der Waals surface area contributed by atoms with Crippen LogP contribution in [0.3, 0.4) is 0 Å². The molecular weight excluding hydrogens is 314 g/mol. The average molecular weight is 334 g/mol. The molecule has 2 aromatic carbocycles. The molecule has 0 radical (unpaired) electrons. The first-order valence-electron chi connectivity index (χ1n) is 7.48. The van der Waals surface area contributed by atoms with Crippen molar-refractivity contribution in [3.63, 3.8) is 0 Å². The second kappa shape index (κ2) is 8.62. The minimum Gasteiger partial charge on any atom is -0.330 e. The number of nitro groups is 1. The minimum atomic E-state index is -0.385. The highest BCUT2D eigenvalue weighted by Crippen LogP contribution is 2.16. The van der Waals surface area contributed by atoms with Crippen LogP contribution in [0.2, 0.25) is 5.02 Å². The van der Waals surface area contributed by atoms with Crippen molar-refractivity contribution >= 4 is 17.3 Å². The van der Waals surface area contributed by atoms with E-state index < -0.39 is 0 Å². The molecule has 0 aromatic heterocycles. The predicted octanol–water partition coefficient (Wildman–Crippen LogP) is 3.60. The number of halogens is 1. The highest BCUT2D eigenvalue weighted by molar-refractivity contribution is 6.30. The Balaban J connectivity index is 2.05. The van der Waals surface area contributed by atoms with Crippen LogP contribution in [0.25, 0.3) is 0 Å². The van der Waals surface area contributed by atoms with E-state index in [4.69, 9.17) is 17.3 Å². The average Bonchev–Trinajstić information content (AvgIpc) is 2.55. The van der Waals surface area contributed by atoms with Crippen LogP contribution >= 0.6 is 11.6 Å². The van der Waals surface area contributed by atoms with Crippen molar-refractivity contribution in [2.45, 2.75) is 19.5 Å². The van der Waals surface area contributed by atoms with Crippen molar-refractivity contribution in [3.05, 3.63) is 74.8 Å². The van der Waals surface area contributed by atoms with Crippen LogP contribution in [0.5, 0.6) is 0 Å². The SMILES string of the molecule is NCCCN(Cc1ccc(Cl)cc1)Cc1ccc([N+](=O)[O-])cc1. The monoisotopic (exact) mass is 333 g/mol. The third-order valence-corrected chi connectivity index (χ3v) is 3.80. The Morgan fingerprint density at radius 3 is 2.00 bits per heavy atom. The van der Waals surface area contributed by atoms with Crippen LogP contribution in [0.1, 0.15) is 17.5 Å². The number of nitrogens with two attached hydrogens (primary N) is 1. The van der Waals surface area contributed by atoms with Gasteiger partial charge in [0, 0.05) is 36.8 Å². The summed E-state index contributed by atoms with van der Waals surface area (Å²) < 4.78 is 0. The zero-order valence-corrected chi connectivity index (χ0v) is 13.6. The zero-order chi connectivity index (χ0) is 16.7. The summed E-state index contributed by atoms with van der Waals surface area (Å²) in [5.74, 6) is 0. The van der Waals surface area contributed by atoms with Crippen LogP contribution in [-0.4, -0.2) is 22.9 Å². The predicted molar refractivity (Wildman–Crippen MR) is 92.3 cm³/mol. The van der Waals surface area contributed by atoms with Crippen LogP contribution in [0.15, 0.2) is 48.5 Å². The minimum absolute atomic E-state index is 0.111. The van der Waals surface area contributed by atoms with Gasteiger partial charge in [0.2, 0.25) is 0 Å². The van der Waals surface area contributed by atoms with Gasteiger partial charge in [0.15, 0.2) is 0 Å². The molecule has 2 N–H and O–H groups in total. The van der Waals surface area contributed by atoms with Gasteiger partial charge < -0.3 is 5.73 Å². The van der Waals surface area contributed by atoms with E-state index in [1.807, 2.05) is 24.3 Å². The lowest BCUT2D eigenvalue weighted by Crippen LogP contribution is -2.25. The Bertz CT molecular complexity index is 629. The second-order valence-electron chi connectivity index (χ2n) is 5.40. The van der Waals surface area contributed by atoms with E-state index in [1.165, 1.54) is 5.56 Å². The largest absolute Gasteiger partial charge is 0.330 e. The lowest BCUT2D eigenvalue weighted by Gasteiger charge is -2.22. The third kappa shape index (κ3) is 5.63. The van der Waals surface area contributed by atoms with Crippen molar-refractivity contribution in [1.29, 1.82) is 0 Å². The van der Waals surface area contributed by atoms with E-state index >= 15 is 0 Å². The number of benzene rings is 2. The van der Waals surface area contributed by atoms with Gasteiger partial charge in [-0.1, -0.05) is 35.9 Å². The van der Waals surface area contributed by atoms with E-state index in [1.54, 1.807) is 24.3 Å². The molecule has 0 heterocycles. The highest BCUT2D eigenvalue weighted by atomic mass is 35.5. The standard InChI is InChI=1S/C17H20ClN3O2/c18-16-6-2-14(3-7-16)12-20(11-1-10-19)13-15-4-8-17(9-5-15)21(22)23/h2-9H,1,10-13,19H2. The van der Waals surface area contributed by atoms with Crippen LogP contribution < -0.4 is 5.73 Å². The maximum Gasteiger partial charge on any atom is 0.269 e. The van der Waals surface area contributed by atoms with Gasteiger partial charge in [-0.3, -0.25) is 15.0 Å². The molecular formula is C17H20ClN3O2. The molecule has 0 unspecified atom stereocenters. The molecule has 0 saturated heterocycles. The molecule has 5 nitrogen and oxygen atoms in total. The molecule has 23 heavy (non-hydrogen) atoms. The van der Waals surface area contributed by atoms with Crippen molar-refractivity contribution in [2.75, 3.05) is 13.1 Å². The number of nitrogens with zero attached hydrogens (tertiary/aromatic N) is 2. The van der Waals surface area contributed by atoms with E-state index in [-0.39, 0.29) is 10.6 Å². The van der Waals surface area contributed by atoms with Crippen molar-refractivity contribution < 1.29 is 4.92 Å². The van der Waals surface area contributed by atoms with Crippen molar-refractivity contribution in [3.8, 4) is 0 Å². The molecule has 0 aliphatic heterocycles. The van der Waals surface area contributed by atoms with Gasteiger partial charge in [0.1, 0.15) is 0 Å². The number of hydrogen-bond donors (Lipinski definition) is 1. The number of hydrogen-bond acceptors (Lipinski definition) is 4. The molecule has 0 bridgehead atoms. The van der Waals surface area contributed by atoms with Gasteiger partial charge in [-0.15, -0.1) is 0 Å². The van der Waals surface area contributed by atoms with Crippen molar-refractivity contribution in [2.24, 2.45) is 5.73 Å². The summed E-state index contributed by atoms with van der Waals surface area (Å²) in [4.78, 5) is 12.6. The Kier molecular flexibility index (Phi) is 6.52. The van der Waals surface area contributed by atoms with Crippen molar-refractivity contribution in [1.82, 2.24) is 4.90 Å². The number of rotatable bonds is 8.